The predicted molar refractivity (Wildman–Crippen MR) is 121 cm³/mol. The van der Waals surface area contributed by atoms with Crippen molar-refractivity contribution in [2.45, 2.75) is 45.6 Å². The number of nitrogens with one attached hydrogen (secondary N) is 1. The Morgan fingerprint density at radius 2 is 2.13 bits per heavy atom. The van der Waals surface area contributed by atoms with Crippen LogP contribution in [-0.4, -0.2) is 52.9 Å². The molecule has 0 amide bonds. The number of hydrogen-bond acceptors (Lipinski definition) is 5. The van der Waals surface area contributed by atoms with Gasteiger partial charge in [0.05, 0.1) is 17.9 Å². The zero-order chi connectivity index (χ0) is 21.5. The second-order valence-corrected chi connectivity index (χ2v) is 7.75. The summed E-state index contributed by atoms with van der Waals surface area (Å²) in [5.41, 5.74) is 15.4. The van der Waals surface area contributed by atoms with Crippen LogP contribution in [0, 0.1) is 18.3 Å². The summed E-state index contributed by atoms with van der Waals surface area (Å²) in [7, 11) is 0. The summed E-state index contributed by atoms with van der Waals surface area (Å²) in [6.07, 6.45) is 3.84. The number of likely N-dealkylation sites (tertiary alicyclic amines) is 1. The number of nitrogens with zero attached hydrogens (tertiary/aromatic N) is 5. The van der Waals surface area contributed by atoms with E-state index in [2.05, 4.69) is 33.3 Å². The van der Waals surface area contributed by atoms with Gasteiger partial charge in [-0.05, 0) is 57.8 Å². The molecule has 3 rings (SSSR count). The molecule has 5 N–H and O–H groups in total. The third kappa shape index (κ3) is 5.10. The molecule has 0 bridgehead atoms. The van der Waals surface area contributed by atoms with Gasteiger partial charge < -0.3 is 16.8 Å². The van der Waals surface area contributed by atoms with Crippen molar-refractivity contribution in [1.82, 2.24) is 20.0 Å². The number of guanidine groups is 1. The zero-order valence-electron chi connectivity index (χ0n) is 17.9. The Hall–Kier alpha value is -3.05. The fourth-order valence-corrected chi connectivity index (χ4v) is 3.91. The average molecular weight is 409 g/mol. The molecule has 1 unspecified atom stereocenters. The maximum Gasteiger partial charge on any atom is 0.188 e. The molecule has 1 atom stereocenters. The lowest BCUT2D eigenvalue weighted by molar-refractivity contribution is 0.273. The maximum absolute atomic E-state index is 9.52. The van der Waals surface area contributed by atoms with Crippen molar-refractivity contribution >= 4 is 11.8 Å². The zero-order valence-corrected chi connectivity index (χ0v) is 17.9. The normalized spacial score (nSPS) is 17.2. The van der Waals surface area contributed by atoms with Gasteiger partial charge in [0.15, 0.2) is 5.96 Å². The molecule has 0 radical (unpaired) electrons. The van der Waals surface area contributed by atoms with Crippen LogP contribution in [0.3, 0.4) is 0 Å². The van der Waals surface area contributed by atoms with E-state index in [0.29, 0.717) is 42.0 Å². The van der Waals surface area contributed by atoms with Crippen molar-refractivity contribution < 1.29 is 0 Å². The van der Waals surface area contributed by atoms with Gasteiger partial charge in [0, 0.05) is 12.6 Å². The van der Waals surface area contributed by atoms with E-state index in [0.717, 1.165) is 37.3 Å². The first-order chi connectivity index (χ1) is 14.5. The summed E-state index contributed by atoms with van der Waals surface area (Å²) in [6.45, 7) is 7.84. The van der Waals surface area contributed by atoms with Crippen LogP contribution < -0.4 is 16.8 Å². The van der Waals surface area contributed by atoms with Gasteiger partial charge in [-0.3, -0.25) is 9.89 Å². The molecule has 30 heavy (non-hydrogen) atoms. The minimum Gasteiger partial charge on any atom is -0.382 e. The summed E-state index contributed by atoms with van der Waals surface area (Å²) >= 11 is 0. The van der Waals surface area contributed by atoms with Crippen LogP contribution in [0.4, 0.5) is 5.82 Å². The highest BCUT2D eigenvalue weighted by molar-refractivity contribution is 5.77. The lowest BCUT2D eigenvalue weighted by atomic mass is 10.1. The van der Waals surface area contributed by atoms with Crippen LogP contribution in [0.1, 0.15) is 43.0 Å². The highest BCUT2D eigenvalue weighted by atomic mass is 15.3. The number of hydrogen-bond donors (Lipinski definition) is 3. The number of benzene rings is 1. The topological polar surface area (TPSA) is 121 Å². The number of nitrogen functional groups attached to an aromatic ring is 1. The van der Waals surface area contributed by atoms with E-state index in [-0.39, 0.29) is 0 Å². The van der Waals surface area contributed by atoms with E-state index in [9.17, 15) is 5.26 Å². The smallest absolute Gasteiger partial charge is 0.188 e. The third-order valence-electron chi connectivity index (χ3n) is 5.66. The van der Waals surface area contributed by atoms with Gasteiger partial charge in [0.25, 0.3) is 0 Å². The third-order valence-corrected chi connectivity index (χ3v) is 5.66. The Morgan fingerprint density at radius 3 is 2.83 bits per heavy atom. The van der Waals surface area contributed by atoms with Crippen LogP contribution in [0.25, 0.3) is 5.69 Å². The molecule has 0 aliphatic carbocycles. The second-order valence-electron chi connectivity index (χ2n) is 7.75. The predicted octanol–water partition coefficient (Wildman–Crippen LogP) is 1.96. The van der Waals surface area contributed by atoms with E-state index < -0.39 is 0 Å². The molecule has 2 heterocycles. The molecule has 1 saturated heterocycles. The number of nitrogens with two attached hydrogens (primary N) is 2. The number of anilines is 1. The number of nitriles is 1. The Morgan fingerprint density at radius 1 is 1.37 bits per heavy atom. The Kier molecular flexibility index (Phi) is 7.31. The van der Waals surface area contributed by atoms with Gasteiger partial charge in [-0.2, -0.15) is 10.4 Å². The van der Waals surface area contributed by atoms with Crippen LogP contribution in [0.5, 0.6) is 0 Å². The minimum absolute atomic E-state index is 0.377. The largest absolute Gasteiger partial charge is 0.382 e. The molecule has 0 saturated carbocycles. The van der Waals surface area contributed by atoms with Crippen molar-refractivity contribution in [2.24, 2.45) is 10.7 Å². The molecule has 8 heteroatoms. The van der Waals surface area contributed by atoms with E-state index in [1.165, 1.54) is 12.8 Å². The molecule has 8 nitrogen and oxygen atoms in total. The quantitative estimate of drug-likeness (QED) is 0.349. The molecular weight excluding hydrogens is 376 g/mol. The van der Waals surface area contributed by atoms with E-state index >= 15 is 0 Å². The number of aliphatic imine (C=N–C) groups is 1. The molecule has 1 fully saturated rings. The molecule has 2 aromatic rings. The fourth-order valence-electron chi connectivity index (χ4n) is 3.91. The Labute approximate surface area is 178 Å². The second kappa shape index (κ2) is 10.1. The average Bonchev–Trinajstić information content (AvgIpc) is 3.33. The van der Waals surface area contributed by atoms with Gasteiger partial charge in [-0.1, -0.05) is 24.6 Å². The van der Waals surface area contributed by atoms with Crippen LogP contribution in [0.2, 0.25) is 0 Å². The SMILES string of the molecule is CCN1CCCC1CN=C(N)NCCCc1nn(-c2ccc(C)cc2)c(N)c1C#N. The van der Waals surface area contributed by atoms with E-state index in [1.54, 1.807) is 4.68 Å². The van der Waals surface area contributed by atoms with Gasteiger partial charge in [-0.25, -0.2) is 4.68 Å². The van der Waals surface area contributed by atoms with Gasteiger partial charge >= 0.3 is 0 Å². The number of aryl methyl sites for hydroxylation is 2. The fraction of sp³-hybridized carbons (Fsp3) is 0.500. The highest BCUT2D eigenvalue weighted by Crippen LogP contribution is 2.22. The summed E-state index contributed by atoms with van der Waals surface area (Å²) < 4.78 is 1.64. The van der Waals surface area contributed by atoms with Gasteiger partial charge in [0.2, 0.25) is 0 Å². The monoisotopic (exact) mass is 408 g/mol. The standard InChI is InChI=1S/C22H32N8/c1-3-29-13-5-6-18(29)15-27-22(25)26-12-4-7-20-19(14-23)21(24)30(28-20)17-10-8-16(2)9-11-17/h8-11,18H,3-7,12-13,15,24H2,1-2H3,(H3,25,26,27). The highest BCUT2D eigenvalue weighted by Gasteiger charge is 2.22. The molecule has 1 aliphatic heterocycles. The van der Waals surface area contributed by atoms with E-state index in [4.69, 9.17) is 11.5 Å². The van der Waals surface area contributed by atoms with Crippen molar-refractivity contribution in [1.29, 1.82) is 5.26 Å². The van der Waals surface area contributed by atoms with Crippen molar-refractivity contribution in [3.63, 3.8) is 0 Å². The first-order valence-electron chi connectivity index (χ1n) is 10.7. The first-order valence-corrected chi connectivity index (χ1v) is 10.7. The Bertz CT molecular complexity index is 906. The van der Waals surface area contributed by atoms with Crippen LogP contribution in [0.15, 0.2) is 29.3 Å². The Balaban J connectivity index is 1.53. The van der Waals surface area contributed by atoms with Crippen LogP contribution in [-0.2, 0) is 6.42 Å². The van der Waals surface area contributed by atoms with Gasteiger partial charge in [0.1, 0.15) is 17.5 Å². The summed E-state index contributed by atoms with van der Waals surface area (Å²) in [5, 5.41) is 17.3. The maximum atomic E-state index is 9.52. The molecule has 0 spiro atoms. The summed E-state index contributed by atoms with van der Waals surface area (Å²) in [6, 6.07) is 10.6. The number of rotatable bonds is 8. The molecule has 1 aromatic heterocycles. The lowest BCUT2D eigenvalue weighted by Crippen LogP contribution is -2.36. The first kappa shape index (κ1) is 21.7. The molecule has 1 aromatic carbocycles. The van der Waals surface area contributed by atoms with Gasteiger partial charge in [-0.15, -0.1) is 0 Å². The number of aromatic nitrogens is 2. The number of likely N-dealkylation sites (N-methyl/N-ethyl adjacent to an activating group) is 1. The molecular formula is C22H32N8. The van der Waals surface area contributed by atoms with Crippen molar-refractivity contribution in [2.75, 3.05) is 31.9 Å². The van der Waals surface area contributed by atoms with E-state index in [1.807, 2.05) is 31.2 Å². The summed E-state index contributed by atoms with van der Waals surface area (Å²) in [5.74, 6) is 0.852. The van der Waals surface area contributed by atoms with Crippen molar-refractivity contribution in [3.05, 3.63) is 41.1 Å². The van der Waals surface area contributed by atoms with Crippen LogP contribution >= 0.6 is 0 Å². The minimum atomic E-state index is 0.377. The lowest BCUT2D eigenvalue weighted by Gasteiger charge is -2.20. The van der Waals surface area contributed by atoms with Crippen molar-refractivity contribution in [3.8, 4) is 11.8 Å². The summed E-state index contributed by atoms with van der Waals surface area (Å²) in [4.78, 5) is 6.95. The molecule has 160 valence electrons. The molecule has 1 aliphatic rings.